The number of sulfonamides is 1. The lowest BCUT2D eigenvalue weighted by atomic mass is 10.3. The Hall–Kier alpha value is -1.19. The molecule has 0 bridgehead atoms. The molecule has 0 saturated carbocycles. The summed E-state index contributed by atoms with van der Waals surface area (Å²) < 4.78 is 54.4. The molecule has 0 saturated heterocycles. The van der Waals surface area contributed by atoms with Gasteiger partial charge in [0.25, 0.3) is 10.0 Å². The van der Waals surface area contributed by atoms with Crippen molar-refractivity contribution in [2.24, 2.45) is 7.05 Å². The molecule has 0 amide bonds. The number of nitrogens with zero attached hydrogens (tertiary/aromatic N) is 2. The summed E-state index contributed by atoms with van der Waals surface area (Å²) in [5.74, 6) is -2.11. The van der Waals surface area contributed by atoms with Crippen molar-refractivity contribution in [3.05, 3.63) is 39.5 Å². The zero-order chi connectivity index (χ0) is 15.1. The van der Waals surface area contributed by atoms with Crippen molar-refractivity contribution in [3.8, 4) is 0 Å². The first-order chi connectivity index (χ1) is 9.22. The van der Waals surface area contributed by atoms with Gasteiger partial charge in [0.1, 0.15) is 5.69 Å². The standard InChI is InChI=1S/C10H7BrClF2N3O2S/c1-17-10(6(12)4-15-17)20(18,19)16-9-7(13)2-5(11)3-8(9)14/h2-4,16H,1H3. The van der Waals surface area contributed by atoms with Gasteiger partial charge in [0.2, 0.25) is 0 Å². The van der Waals surface area contributed by atoms with Crippen LogP contribution < -0.4 is 4.72 Å². The summed E-state index contributed by atoms with van der Waals surface area (Å²) in [6, 6.07) is 1.87. The van der Waals surface area contributed by atoms with Gasteiger partial charge in [0.15, 0.2) is 16.7 Å². The normalized spacial score (nSPS) is 11.7. The van der Waals surface area contributed by atoms with Crippen molar-refractivity contribution in [1.29, 1.82) is 0 Å². The number of hydrogen-bond donors (Lipinski definition) is 1. The lowest BCUT2D eigenvalue weighted by molar-refractivity contribution is 0.573. The molecule has 2 rings (SSSR count). The van der Waals surface area contributed by atoms with E-state index in [2.05, 4.69) is 21.0 Å². The predicted octanol–water partition coefficient (Wildman–Crippen LogP) is 2.92. The molecule has 108 valence electrons. The second-order valence-corrected chi connectivity index (χ2v) is 6.69. The zero-order valence-corrected chi connectivity index (χ0v) is 13.0. The van der Waals surface area contributed by atoms with E-state index in [4.69, 9.17) is 11.6 Å². The Morgan fingerprint density at radius 1 is 1.35 bits per heavy atom. The van der Waals surface area contributed by atoms with Crippen LogP contribution in [0.1, 0.15) is 0 Å². The van der Waals surface area contributed by atoms with Crippen molar-refractivity contribution in [2.75, 3.05) is 4.72 Å². The minimum Gasteiger partial charge on any atom is -0.272 e. The van der Waals surface area contributed by atoms with Gasteiger partial charge in [-0.25, -0.2) is 8.78 Å². The first-order valence-electron chi connectivity index (χ1n) is 5.07. The molecular formula is C10H7BrClF2N3O2S. The predicted molar refractivity (Wildman–Crippen MR) is 73.1 cm³/mol. The van der Waals surface area contributed by atoms with E-state index in [1.54, 1.807) is 0 Å². The van der Waals surface area contributed by atoms with Crippen LogP contribution in [0.2, 0.25) is 5.02 Å². The fraction of sp³-hybridized carbons (Fsp3) is 0.100. The van der Waals surface area contributed by atoms with Gasteiger partial charge < -0.3 is 0 Å². The fourth-order valence-electron chi connectivity index (χ4n) is 1.52. The van der Waals surface area contributed by atoms with Crippen LogP contribution in [-0.2, 0) is 17.1 Å². The summed E-state index contributed by atoms with van der Waals surface area (Å²) in [4.78, 5) is 0. The third-order valence-corrected chi connectivity index (χ3v) is 4.65. The zero-order valence-electron chi connectivity index (χ0n) is 9.86. The number of anilines is 1. The Labute approximate surface area is 126 Å². The highest BCUT2D eigenvalue weighted by molar-refractivity contribution is 9.10. The number of hydrogen-bond acceptors (Lipinski definition) is 3. The molecule has 0 aliphatic rings. The largest absolute Gasteiger partial charge is 0.280 e. The van der Waals surface area contributed by atoms with Crippen LogP contribution in [0.25, 0.3) is 0 Å². The smallest absolute Gasteiger partial charge is 0.272 e. The van der Waals surface area contributed by atoms with E-state index < -0.39 is 27.3 Å². The molecule has 0 spiro atoms. The topological polar surface area (TPSA) is 64.0 Å². The fourth-order valence-corrected chi connectivity index (χ4v) is 3.66. The number of rotatable bonds is 3. The van der Waals surface area contributed by atoms with E-state index in [1.807, 2.05) is 4.72 Å². The molecule has 0 radical (unpaired) electrons. The number of benzene rings is 1. The van der Waals surface area contributed by atoms with Crippen molar-refractivity contribution in [2.45, 2.75) is 5.03 Å². The molecule has 0 fully saturated rings. The lowest BCUT2D eigenvalue weighted by Crippen LogP contribution is -2.18. The molecule has 5 nitrogen and oxygen atoms in total. The van der Waals surface area contributed by atoms with Gasteiger partial charge in [0, 0.05) is 11.5 Å². The van der Waals surface area contributed by atoms with Gasteiger partial charge >= 0.3 is 0 Å². The van der Waals surface area contributed by atoms with Crippen LogP contribution in [0.3, 0.4) is 0 Å². The monoisotopic (exact) mass is 385 g/mol. The highest BCUT2D eigenvalue weighted by Gasteiger charge is 2.25. The van der Waals surface area contributed by atoms with Crippen LogP contribution in [0.5, 0.6) is 0 Å². The Balaban J connectivity index is 2.50. The third-order valence-electron chi connectivity index (χ3n) is 2.34. The molecule has 0 aliphatic carbocycles. The molecule has 1 aromatic heterocycles. The van der Waals surface area contributed by atoms with Crippen LogP contribution in [0.15, 0.2) is 27.8 Å². The van der Waals surface area contributed by atoms with Crippen molar-refractivity contribution in [1.82, 2.24) is 9.78 Å². The molecule has 1 heterocycles. The molecule has 10 heteroatoms. The lowest BCUT2D eigenvalue weighted by Gasteiger charge is -2.10. The van der Waals surface area contributed by atoms with Gasteiger partial charge in [0.05, 0.1) is 11.2 Å². The van der Waals surface area contributed by atoms with E-state index in [0.717, 1.165) is 23.0 Å². The molecule has 1 N–H and O–H groups in total. The summed E-state index contributed by atoms with van der Waals surface area (Å²) in [5, 5.41) is 3.11. The molecule has 0 atom stereocenters. The first-order valence-corrected chi connectivity index (χ1v) is 7.72. The second kappa shape index (κ2) is 5.30. The third kappa shape index (κ3) is 2.79. The Kier molecular flexibility index (Phi) is 4.03. The first kappa shape index (κ1) is 15.2. The summed E-state index contributed by atoms with van der Waals surface area (Å²) in [6.07, 6.45) is 1.12. The minimum absolute atomic E-state index is 0.147. The number of aryl methyl sites for hydroxylation is 1. The second-order valence-electron chi connectivity index (χ2n) is 3.77. The maximum absolute atomic E-state index is 13.6. The number of aromatic nitrogens is 2. The van der Waals surface area contributed by atoms with Gasteiger partial charge in [-0.3, -0.25) is 9.40 Å². The SMILES string of the molecule is Cn1ncc(Cl)c1S(=O)(=O)Nc1c(F)cc(Br)cc1F. The van der Waals surface area contributed by atoms with Crippen molar-refractivity contribution >= 4 is 43.2 Å². The van der Waals surface area contributed by atoms with Crippen LogP contribution in [0.4, 0.5) is 14.5 Å². The van der Waals surface area contributed by atoms with Crippen LogP contribution >= 0.6 is 27.5 Å². The molecule has 20 heavy (non-hydrogen) atoms. The Bertz CT molecular complexity index is 736. The summed E-state index contributed by atoms with van der Waals surface area (Å²) in [6.45, 7) is 0. The minimum atomic E-state index is -4.27. The summed E-state index contributed by atoms with van der Waals surface area (Å²) >= 11 is 8.60. The molecular weight excluding hydrogens is 380 g/mol. The average molecular weight is 387 g/mol. The molecule has 0 aliphatic heterocycles. The maximum atomic E-state index is 13.6. The van der Waals surface area contributed by atoms with Crippen molar-refractivity contribution < 1.29 is 17.2 Å². The van der Waals surface area contributed by atoms with Crippen molar-refractivity contribution in [3.63, 3.8) is 0 Å². The number of nitrogens with one attached hydrogen (secondary N) is 1. The van der Waals surface area contributed by atoms with E-state index in [1.165, 1.54) is 7.05 Å². The van der Waals surface area contributed by atoms with Gasteiger partial charge in [-0.2, -0.15) is 13.5 Å². The quantitative estimate of drug-likeness (QED) is 0.882. The van der Waals surface area contributed by atoms with E-state index in [-0.39, 0.29) is 14.5 Å². The molecule has 1 aromatic carbocycles. The summed E-state index contributed by atoms with van der Waals surface area (Å²) in [5.41, 5.74) is -0.787. The molecule has 2 aromatic rings. The Morgan fingerprint density at radius 2 is 1.90 bits per heavy atom. The highest BCUT2D eigenvalue weighted by Crippen LogP contribution is 2.28. The highest BCUT2D eigenvalue weighted by atomic mass is 79.9. The number of halogens is 4. The Morgan fingerprint density at radius 3 is 2.35 bits per heavy atom. The van der Waals surface area contributed by atoms with E-state index >= 15 is 0 Å². The van der Waals surface area contributed by atoms with Crippen LogP contribution in [0, 0.1) is 11.6 Å². The van der Waals surface area contributed by atoms with E-state index in [0.29, 0.717) is 0 Å². The maximum Gasteiger partial charge on any atom is 0.280 e. The summed E-state index contributed by atoms with van der Waals surface area (Å²) in [7, 11) is -2.92. The average Bonchev–Trinajstić information content (AvgIpc) is 2.64. The van der Waals surface area contributed by atoms with Crippen LogP contribution in [-0.4, -0.2) is 18.2 Å². The van der Waals surface area contributed by atoms with E-state index in [9.17, 15) is 17.2 Å². The van der Waals surface area contributed by atoms with Gasteiger partial charge in [-0.05, 0) is 12.1 Å². The van der Waals surface area contributed by atoms with Gasteiger partial charge in [-0.15, -0.1) is 0 Å². The molecule has 0 unspecified atom stereocenters. The van der Waals surface area contributed by atoms with Gasteiger partial charge in [-0.1, -0.05) is 27.5 Å².